The van der Waals surface area contributed by atoms with Crippen molar-refractivity contribution in [3.63, 3.8) is 0 Å². The van der Waals surface area contributed by atoms with Crippen LogP contribution in [0.25, 0.3) is 0 Å². The summed E-state index contributed by atoms with van der Waals surface area (Å²) in [6.45, 7) is 2.77. The Balaban J connectivity index is 1.74. The number of carbonyl (C=O) groups is 1. The summed E-state index contributed by atoms with van der Waals surface area (Å²) in [6, 6.07) is 14.1. The monoisotopic (exact) mass is 330 g/mol. The number of amides is 2. The number of anilines is 1. The number of halogens is 1. The molecule has 0 bridgehead atoms. The Bertz CT molecular complexity index is 690. The molecule has 1 aliphatic heterocycles. The van der Waals surface area contributed by atoms with Gasteiger partial charge in [0.25, 0.3) is 0 Å². The molecule has 0 saturated carbocycles. The molecule has 1 aliphatic rings. The lowest BCUT2D eigenvalue weighted by Crippen LogP contribution is -2.34. The van der Waals surface area contributed by atoms with Crippen molar-refractivity contribution in [1.29, 1.82) is 0 Å². The van der Waals surface area contributed by atoms with Gasteiger partial charge in [0.1, 0.15) is 11.2 Å². The van der Waals surface area contributed by atoms with E-state index in [-0.39, 0.29) is 17.2 Å². The molecule has 1 atom stereocenters. The van der Waals surface area contributed by atoms with Crippen LogP contribution in [0.3, 0.4) is 0 Å². The molecule has 0 radical (unpaired) electrons. The molecule has 2 amide bonds. The summed E-state index contributed by atoms with van der Waals surface area (Å²) in [5.74, 6) is 0.619. The number of hydrogen-bond donors (Lipinski definition) is 1. The van der Waals surface area contributed by atoms with Gasteiger partial charge in [0.05, 0.1) is 0 Å². The fourth-order valence-electron chi connectivity index (χ4n) is 2.65. The molecule has 23 heavy (non-hydrogen) atoms. The van der Waals surface area contributed by atoms with Crippen LogP contribution in [0, 0.1) is 5.82 Å². The summed E-state index contributed by atoms with van der Waals surface area (Å²) in [4.78, 5) is 14.4. The van der Waals surface area contributed by atoms with E-state index in [0.717, 1.165) is 23.4 Å². The van der Waals surface area contributed by atoms with Gasteiger partial charge in [-0.2, -0.15) is 0 Å². The lowest BCUT2D eigenvalue weighted by Gasteiger charge is -2.24. The first kappa shape index (κ1) is 15.9. The van der Waals surface area contributed by atoms with E-state index in [1.54, 1.807) is 28.8 Å². The normalized spacial score (nSPS) is 17.3. The summed E-state index contributed by atoms with van der Waals surface area (Å²) in [5, 5.41) is 2.90. The molecule has 3 rings (SSSR count). The van der Waals surface area contributed by atoms with Gasteiger partial charge in [0.2, 0.25) is 0 Å². The SMILES string of the molecule is CCc1cccc(NC(=O)N2CCS[C@H]2c2ccc(F)cc2)c1. The maximum absolute atomic E-state index is 13.1. The Morgan fingerprint density at radius 2 is 2.09 bits per heavy atom. The minimum Gasteiger partial charge on any atom is -0.308 e. The third kappa shape index (κ3) is 3.67. The van der Waals surface area contributed by atoms with Crippen molar-refractivity contribution >= 4 is 23.5 Å². The number of carbonyl (C=O) groups excluding carboxylic acids is 1. The quantitative estimate of drug-likeness (QED) is 0.887. The van der Waals surface area contributed by atoms with Crippen LogP contribution in [0.15, 0.2) is 48.5 Å². The second-order valence-electron chi connectivity index (χ2n) is 5.45. The zero-order valence-electron chi connectivity index (χ0n) is 13.0. The molecule has 1 fully saturated rings. The van der Waals surface area contributed by atoms with Crippen LogP contribution in [-0.2, 0) is 6.42 Å². The van der Waals surface area contributed by atoms with Gasteiger partial charge in [-0.15, -0.1) is 11.8 Å². The lowest BCUT2D eigenvalue weighted by molar-refractivity contribution is 0.214. The van der Waals surface area contributed by atoms with Crippen LogP contribution >= 0.6 is 11.8 Å². The van der Waals surface area contributed by atoms with Crippen LogP contribution in [0.2, 0.25) is 0 Å². The maximum atomic E-state index is 13.1. The van der Waals surface area contributed by atoms with Crippen molar-refractivity contribution in [3.05, 3.63) is 65.5 Å². The first-order chi connectivity index (χ1) is 11.2. The Morgan fingerprint density at radius 3 is 2.83 bits per heavy atom. The fraction of sp³-hybridized carbons (Fsp3) is 0.278. The Hall–Kier alpha value is -2.01. The highest BCUT2D eigenvalue weighted by Crippen LogP contribution is 2.38. The van der Waals surface area contributed by atoms with Gasteiger partial charge in [0, 0.05) is 18.0 Å². The van der Waals surface area contributed by atoms with Gasteiger partial charge >= 0.3 is 6.03 Å². The molecule has 2 aromatic rings. The molecule has 0 aromatic heterocycles. The van der Waals surface area contributed by atoms with Crippen LogP contribution < -0.4 is 5.32 Å². The van der Waals surface area contributed by atoms with Crippen molar-refractivity contribution in [2.75, 3.05) is 17.6 Å². The summed E-state index contributed by atoms with van der Waals surface area (Å²) >= 11 is 1.70. The van der Waals surface area contributed by atoms with E-state index < -0.39 is 0 Å². The summed E-state index contributed by atoms with van der Waals surface area (Å²) in [7, 11) is 0. The lowest BCUT2D eigenvalue weighted by atomic mass is 10.1. The van der Waals surface area contributed by atoms with Crippen LogP contribution in [0.5, 0.6) is 0 Å². The van der Waals surface area contributed by atoms with Crippen molar-refractivity contribution in [3.8, 4) is 0 Å². The zero-order valence-corrected chi connectivity index (χ0v) is 13.8. The van der Waals surface area contributed by atoms with Gasteiger partial charge in [-0.05, 0) is 41.8 Å². The maximum Gasteiger partial charge on any atom is 0.323 e. The van der Waals surface area contributed by atoms with Crippen LogP contribution in [0.4, 0.5) is 14.9 Å². The third-order valence-electron chi connectivity index (χ3n) is 3.89. The number of aryl methyl sites for hydroxylation is 1. The molecule has 1 heterocycles. The summed E-state index contributed by atoms with van der Waals surface area (Å²) < 4.78 is 13.1. The average Bonchev–Trinajstić information content (AvgIpc) is 3.05. The van der Waals surface area contributed by atoms with Crippen molar-refractivity contribution < 1.29 is 9.18 Å². The number of nitrogens with zero attached hydrogens (tertiary/aromatic N) is 1. The number of rotatable bonds is 3. The number of benzene rings is 2. The van der Waals surface area contributed by atoms with Gasteiger partial charge in [-0.3, -0.25) is 0 Å². The Labute approximate surface area is 139 Å². The molecule has 1 N–H and O–H groups in total. The molecule has 0 spiro atoms. The van der Waals surface area contributed by atoms with Gasteiger partial charge in [-0.1, -0.05) is 31.2 Å². The topological polar surface area (TPSA) is 32.3 Å². The van der Waals surface area contributed by atoms with Crippen molar-refractivity contribution in [2.45, 2.75) is 18.7 Å². The second kappa shape index (κ2) is 7.04. The third-order valence-corrected chi connectivity index (χ3v) is 5.15. The predicted molar refractivity (Wildman–Crippen MR) is 93.1 cm³/mol. The highest BCUT2D eigenvalue weighted by atomic mass is 32.2. The molecule has 2 aromatic carbocycles. The highest BCUT2D eigenvalue weighted by Gasteiger charge is 2.30. The molecule has 1 saturated heterocycles. The van der Waals surface area contributed by atoms with Gasteiger partial charge in [0.15, 0.2) is 0 Å². The van der Waals surface area contributed by atoms with E-state index in [2.05, 4.69) is 12.2 Å². The molecule has 0 unspecified atom stereocenters. The van der Waals surface area contributed by atoms with Gasteiger partial charge < -0.3 is 10.2 Å². The number of hydrogen-bond acceptors (Lipinski definition) is 2. The van der Waals surface area contributed by atoms with E-state index in [4.69, 9.17) is 0 Å². The Kier molecular flexibility index (Phi) is 4.86. The van der Waals surface area contributed by atoms with E-state index in [1.807, 2.05) is 24.3 Å². The molecule has 5 heteroatoms. The fourth-order valence-corrected chi connectivity index (χ4v) is 3.90. The predicted octanol–water partition coefficient (Wildman–Crippen LogP) is 4.67. The van der Waals surface area contributed by atoms with Crippen LogP contribution in [-0.4, -0.2) is 23.2 Å². The van der Waals surface area contributed by atoms with Crippen molar-refractivity contribution in [1.82, 2.24) is 4.90 Å². The van der Waals surface area contributed by atoms with E-state index in [0.29, 0.717) is 6.54 Å². The standard InChI is InChI=1S/C18H19FN2OS/c1-2-13-4-3-5-16(12-13)20-18(22)21-10-11-23-17(21)14-6-8-15(19)9-7-14/h3-9,12,17H,2,10-11H2,1H3,(H,20,22)/t17-/m0/s1. The molecule has 0 aliphatic carbocycles. The first-order valence-corrected chi connectivity index (χ1v) is 8.76. The molecule has 3 nitrogen and oxygen atoms in total. The first-order valence-electron chi connectivity index (χ1n) is 7.71. The zero-order chi connectivity index (χ0) is 16.2. The largest absolute Gasteiger partial charge is 0.323 e. The highest BCUT2D eigenvalue weighted by molar-refractivity contribution is 7.99. The van der Waals surface area contributed by atoms with E-state index in [9.17, 15) is 9.18 Å². The summed E-state index contributed by atoms with van der Waals surface area (Å²) in [5.41, 5.74) is 2.95. The van der Waals surface area contributed by atoms with E-state index >= 15 is 0 Å². The second-order valence-corrected chi connectivity index (χ2v) is 6.64. The smallest absolute Gasteiger partial charge is 0.308 e. The minimum absolute atomic E-state index is 0.0649. The van der Waals surface area contributed by atoms with Crippen molar-refractivity contribution in [2.24, 2.45) is 0 Å². The molecular weight excluding hydrogens is 311 g/mol. The molecular formula is C18H19FN2OS. The molecule has 120 valence electrons. The Morgan fingerprint density at radius 1 is 1.30 bits per heavy atom. The van der Waals surface area contributed by atoms with Crippen LogP contribution in [0.1, 0.15) is 23.4 Å². The number of thioether (sulfide) groups is 1. The van der Waals surface area contributed by atoms with E-state index in [1.165, 1.54) is 17.7 Å². The summed E-state index contributed by atoms with van der Waals surface area (Å²) in [6.07, 6.45) is 0.932. The average molecular weight is 330 g/mol. The number of nitrogens with one attached hydrogen (secondary N) is 1. The van der Waals surface area contributed by atoms with Gasteiger partial charge in [-0.25, -0.2) is 9.18 Å². The number of urea groups is 1. The minimum atomic E-state index is -0.260.